The topological polar surface area (TPSA) is 46.5 Å². The smallest absolute Gasteiger partial charge is 0.416 e. The van der Waals surface area contributed by atoms with Gasteiger partial charge in [0, 0.05) is 5.92 Å². The Morgan fingerprint density at radius 2 is 1.90 bits per heavy atom. The monoisotopic (exact) mass is 290 g/mol. The van der Waals surface area contributed by atoms with Crippen molar-refractivity contribution in [1.29, 1.82) is 0 Å². The quantitative estimate of drug-likeness (QED) is 0.867. The van der Waals surface area contributed by atoms with Gasteiger partial charge in [0.15, 0.2) is 5.60 Å². The Morgan fingerprint density at radius 1 is 1.35 bits per heavy atom. The maximum Gasteiger partial charge on any atom is 0.416 e. The van der Waals surface area contributed by atoms with Gasteiger partial charge in [0.05, 0.1) is 12.2 Å². The van der Waals surface area contributed by atoms with Crippen LogP contribution in [0.1, 0.15) is 37.8 Å². The maximum absolute atomic E-state index is 12.9. The Hall–Kier alpha value is -1.56. The molecule has 0 bridgehead atoms. The van der Waals surface area contributed by atoms with Crippen LogP contribution in [0, 0.1) is 0 Å². The second kappa shape index (κ2) is 5.83. The number of ether oxygens (including phenoxy) is 1. The molecule has 1 aromatic carbocycles. The molecule has 1 rings (SSSR count). The van der Waals surface area contributed by atoms with Crippen LogP contribution in [0.3, 0.4) is 0 Å². The molecule has 0 heterocycles. The first-order valence-electron chi connectivity index (χ1n) is 6.18. The number of carbonyl (C=O) groups excluding carboxylic acids is 1. The molecule has 112 valence electrons. The number of halogens is 3. The van der Waals surface area contributed by atoms with E-state index < -0.39 is 29.2 Å². The molecule has 0 saturated carbocycles. The average Bonchev–Trinajstić information content (AvgIpc) is 2.37. The minimum absolute atomic E-state index is 0.0443. The van der Waals surface area contributed by atoms with E-state index in [2.05, 4.69) is 0 Å². The second-order valence-electron chi connectivity index (χ2n) is 4.67. The molecule has 1 N–H and O–H groups in total. The molecule has 0 aliphatic rings. The molecule has 0 fully saturated rings. The number of esters is 1. The van der Waals surface area contributed by atoms with Crippen molar-refractivity contribution in [3.8, 4) is 0 Å². The first-order valence-corrected chi connectivity index (χ1v) is 6.18. The third-order valence-corrected chi connectivity index (χ3v) is 3.26. The van der Waals surface area contributed by atoms with Gasteiger partial charge in [-0.3, -0.25) is 0 Å². The Bertz CT molecular complexity index is 481. The van der Waals surface area contributed by atoms with Gasteiger partial charge in [-0.25, -0.2) is 4.79 Å². The lowest BCUT2D eigenvalue weighted by Crippen LogP contribution is -2.42. The van der Waals surface area contributed by atoms with Crippen molar-refractivity contribution in [2.24, 2.45) is 0 Å². The normalized spacial score (nSPS) is 16.4. The van der Waals surface area contributed by atoms with Crippen LogP contribution in [-0.4, -0.2) is 23.3 Å². The average molecular weight is 290 g/mol. The summed E-state index contributed by atoms with van der Waals surface area (Å²) in [6.07, 6.45) is -4.55. The van der Waals surface area contributed by atoms with Crippen LogP contribution in [0.2, 0.25) is 0 Å². The summed E-state index contributed by atoms with van der Waals surface area (Å²) in [5.74, 6) is -2.00. The van der Waals surface area contributed by atoms with Gasteiger partial charge in [-0.05, 0) is 25.5 Å². The summed E-state index contributed by atoms with van der Waals surface area (Å²) >= 11 is 0. The predicted molar refractivity (Wildman–Crippen MR) is 67.1 cm³/mol. The first kappa shape index (κ1) is 16.5. The van der Waals surface area contributed by atoms with E-state index in [0.717, 1.165) is 13.0 Å². The Balaban J connectivity index is 3.21. The van der Waals surface area contributed by atoms with Crippen molar-refractivity contribution < 1.29 is 27.8 Å². The van der Waals surface area contributed by atoms with Crippen LogP contribution in [-0.2, 0) is 15.7 Å². The van der Waals surface area contributed by atoms with Gasteiger partial charge < -0.3 is 9.84 Å². The second-order valence-corrected chi connectivity index (χ2v) is 4.67. The van der Waals surface area contributed by atoms with Gasteiger partial charge in [-0.2, -0.15) is 13.2 Å². The highest BCUT2D eigenvalue weighted by atomic mass is 19.4. The third-order valence-electron chi connectivity index (χ3n) is 3.26. The van der Waals surface area contributed by atoms with Crippen molar-refractivity contribution in [3.63, 3.8) is 0 Å². The van der Waals surface area contributed by atoms with Crippen molar-refractivity contribution in [2.75, 3.05) is 6.61 Å². The van der Waals surface area contributed by atoms with Gasteiger partial charge in [0.2, 0.25) is 0 Å². The Kier molecular flexibility index (Phi) is 4.81. The van der Waals surface area contributed by atoms with E-state index in [0.29, 0.717) is 0 Å². The molecule has 0 saturated heterocycles. The molecule has 6 heteroatoms. The molecule has 2 atom stereocenters. The fourth-order valence-electron chi connectivity index (χ4n) is 1.89. The zero-order valence-corrected chi connectivity index (χ0v) is 11.5. The molecule has 0 amide bonds. The summed E-state index contributed by atoms with van der Waals surface area (Å²) in [6.45, 7) is 4.12. The lowest BCUT2D eigenvalue weighted by Gasteiger charge is -2.30. The number of carbonyl (C=O) groups is 1. The fourth-order valence-corrected chi connectivity index (χ4v) is 1.89. The van der Waals surface area contributed by atoms with E-state index in [1.807, 2.05) is 0 Å². The zero-order chi connectivity index (χ0) is 15.6. The Morgan fingerprint density at radius 3 is 2.40 bits per heavy atom. The number of benzene rings is 1. The molecule has 20 heavy (non-hydrogen) atoms. The molecule has 3 nitrogen and oxygen atoms in total. The van der Waals surface area contributed by atoms with E-state index in [4.69, 9.17) is 4.74 Å². The summed E-state index contributed by atoms with van der Waals surface area (Å²) in [4.78, 5) is 11.7. The third kappa shape index (κ3) is 3.30. The Labute approximate surface area is 115 Å². The SMILES string of the molecule is CCOC(=O)C(C)(O)C(C)c1ccccc1C(F)(F)F. The fraction of sp³-hybridized carbons (Fsp3) is 0.500. The van der Waals surface area contributed by atoms with Crippen LogP contribution in [0.4, 0.5) is 13.2 Å². The van der Waals surface area contributed by atoms with E-state index in [9.17, 15) is 23.1 Å². The van der Waals surface area contributed by atoms with Crippen molar-refractivity contribution in [3.05, 3.63) is 35.4 Å². The van der Waals surface area contributed by atoms with Crippen LogP contribution < -0.4 is 0 Å². The van der Waals surface area contributed by atoms with Crippen LogP contribution in [0.25, 0.3) is 0 Å². The molecule has 0 aliphatic heterocycles. The summed E-state index contributed by atoms with van der Waals surface area (Å²) < 4.78 is 43.5. The van der Waals surface area contributed by atoms with E-state index in [1.165, 1.54) is 25.1 Å². The van der Waals surface area contributed by atoms with E-state index in [-0.39, 0.29) is 12.2 Å². The van der Waals surface area contributed by atoms with Gasteiger partial charge in [0.1, 0.15) is 0 Å². The molecule has 0 radical (unpaired) electrons. The molecule has 0 spiro atoms. The minimum Gasteiger partial charge on any atom is -0.464 e. The van der Waals surface area contributed by atoms with Gasteiger partial charge in [-0.15, -0.1) is 0 Å². The minimum atomic E-state index is -4.55. The van der Waals surface area contributed by atoms with E-state index >= 15 is 0 Å². The number of rotatable bonds is 4. The summed E-state index contributed by atoms with van der Waals surface area (Å²) in [7, 11) is 0. The lowest BCUT2D eigenvalue weighted by molar-refractivity contribution is -0.165. The molecule has 0 aliphatic carbocycles. The summed E-state index contributed by atoms with van der Waals surface area (Å²) in [5, 5.41) is 10.2. The van der Waals surface area contributed by atoms with Gasteiger partial charge in [-0.1, -0.05) is 25.1 Å². The van der Waals surface area contributed by atoms with Crippen molar-refractivity contribution >= 4 is 5.97 Å². The highest BCUT2D eigenvalue weighted by molar-refractivity contribution is 5.80. The van der Waals surface area contributed by atoms with Crippen LogP contribution in [0.15, 0.2) is 24.3 Å². The maximum atomic E-state index is 12.9. The first-order chi connectivity index (χ1) is 9.12. The van der Waals surface area contributed by atoms with Crippen molar-refractivity contribution in [2.45, 2.75) is 38.5 Å². The molecular formula is C14H17F3O3. The number of hydrogen-bond acceptors (Lipinski definition) is 3. The largest absolute Gasteiger partial charge is 0.464 e. The predicted octanol–water partition coefficient (Wildman–Crippen LogP) is 3.12. The number of alkyl halides is 3. The number of aliphatic hydroxyl groups is 1. The van der Waals surface area contributed by atoms with Gasteiger partial charge in [0.25, 0.3) is 0 Å². The van der Waals surface area contributed by atoms with Crippen molar-refractivity contribution in [1.82, 2.24) is 0 Å². The summed E-state index contributed by atoms with van der Waals surface area (Å²) in [5.41, 5.74) is -3.03. The standard InChI is InChI=1S/C14H17F3O3/c1-4-20-12(18)13(3,19)9(2)10-7-5-6-8-11(10)14(15,16)17/h5-9,19H,4H2,1-3H3. The highest BCUT2D eigenvalue weighted by Gasteiger charge is 2.43. The van der Waals surface area contributed by atoms with Crippen LogP contribution >= 0.6 is 0 Å². The highest BCUT2D eigenvalue weighted by Crippen LogP contribution is 2.38. The molecule has 2 unspecified atom stereocenters. The molecule has 0 aromatic heterocycles. The summed E-state index contributed by atoms with van der Waals surface area (Å²) in [6, 6.07) is 4.87. The zero-order valence-electron chi connectivity index (χ0n) is 11.5. The number of hydrogen-bond donors (Lipinski definition) is 1. The molecular weight excluding hydrogens is 273 g/mol. The lowest BCUT2D eigenvalue weighted by atomic mass is 9.82. The molecule has 1 aromatic rings. The van der Waals surface area contributed by atoms with Gasteiger partial charge >= 0.3 is 12.1 Å². The van der Waals surface area contributed by atoms with Crippen LogP contribution in [0.5, 0.6) is 0 Å². The van der Waals surface area contributed by atoms with E-state index in [1.54, 1.807) is 6.92 Å².